The Morgan fingerprint density at radius 1 is 1.25 bits per heavy atom. The molecule has 1 aliphatic heterocycles. The van der Waals surface area contributed by atoms with Crippen LogP contribution in [0, 0.1) is 11.7 Å². The standard InChI is InChI=1S/C20H21FN4O3/c1-24-18(26)9-12-8-14(6-7-16(12)23-24)22-20(28)13-10-19(27)25(11-13)17-5-3-2-4-15(17)21/h2-5,9,13-14H,6-8,10-11H2,1H3,(H,22,28). The molecule has 1 aromatic carbocycles. The molecule has 146 valence electrons. The summed E-state index contributed by atoms with van der Waals surface area (Å²) in [5.41, 5.74) is 1.77. The summed E-state index contributed by atoms with van der Waals surface area (Å²) in [6.07, 6.45) is 2.01. The van der Waals surface area contributed by atoms with Gasteiger partial charge in [0.05, 0.1) is 17.3 Å². The third-order valence-electron chi connectivity index (χ3n) is 5.44. The van der Waals surface area contributed by atoms with Crippen molar-refractivity contribution in [2.75, 3.05) is 11.4 Å². The van der Waals surface area contributed by atoms with Crippen LogP contribution < -0.4 is 15.8 Å². The SMILES string of the molecule is Cn1nc2c(cc1=O)CC(NC(=O)C1CC(=O)N(c3ccccc3F)C1)CC2. The van der Waals surface area contributed by atoms with E-state index < -0.39 is 11.7 Å². The summed E-state index contributed by atoms with van der Waals surface area (Å²) in [6, 6.07) is 7.53. The van der Waals surface area contributed by atoms with Gasteiger partial charge in [-0.15, -0.1) is 0 Å². The Kier molecular flexibility index (Phi) is 4.70. The Bertz CT molecular complexity index is 1000. The molecule has 0 spiro atoms. The Balaban J connectivity index is 1.42. The van der Waals surface area contributed by atoms with Gasteiger partial charge in [-0.25, -0.2) is 9.07 Å². The van der Waals surface area contributed by atoms with Crippen LogP contribution in [0.4, 0.5) is 10.1 Å². The van der Waals surface area contributed by atoms with E-state index >= 15 is 0 Å². The van der Waals surface area contributed by atoms with E-state index in [9.17, 15) is 18.8 Å². The first kappa shape index (κ1) is 18.3. The van der Waals surface area contributed by atoms with Crippen molar-refractivity contribution < 1.29 is 14.0 Å². The molecule has 2 amide bonds. The fourth-order valence-electron chi connectivity index (χ4n) is 3.92. The number of nitrogens with zero attached hydrogens (tertiary/aromatic N) is 3. The number of fused-ring (bicyclic) bond motifs is 1. The summed E-state index contributed by atoms with van der Waals surface area (Å²) in [7, 11) is 1.62. The minimum atomic E-state index is -0.518. The molecule has 28 heavy (non-hydrogen) atoms. The van der Waals surface area contributed by atoms with Crippen LogP contribution in [0.25, 0.3) is 0 Å². The molecule has 2 heterocycles. The first-order valence-electron chi connectivity index (χ1n) is 9.33. The highest BCUT2D eigenvalue weighted by molar-refractivity contribution is 6.00. The van der Waals surface area contributed by atoms with Gasteiger partial charge in [0.15, 0.2) is 0 Å². The van der Waals surface area contributed by atoms with Crippen LogP contribution in [0.3, 0.4) is 0 Å². The number of hydrogen-bond donors (Lipinski definition) is 1. The third-order valence-corrected chi connectivity index (χ3v) is 5.44. The van der Waals surface area contributed by atoms with Gasteiger partial charge in [-0.3, -0.25) is 14.4 Å². The monoisotopic (exact) mass is 384 g/mol. The third kappa shape index (κ3) is 3.42. The molecule has 2 unspecified atom stereocenters. The van der Waals surface area contributed by atoms with Crippen molar-refractivity contribution in [1.29, 1.82) is 0 Å². The molecule has 8 heteroatoms. The number of hydrogen-bond acceptors (Lipinski definition) is 4. The molecule has 0 saturated carbocycles. The lowest BCUT2D eigenvalue weighted by molar-refractivity contribution is -0.127. The second kappa shape index (κ2) is 7.18. The molecule has 0 radical (unpaired) electrons. The second-order valence-electron chi connectivity index (χ2n) is 7.38. The summed E-state index contributed by atoms with van der Waals surface area (Å²) < 4.78 is 15.3. The molecule has 1 fully saturated rings. The molecule has 1 aromatic heterocycles. The van der Waals surface area contributed by atoms with E-state index in [2.05, 4.69) is 10.4 Å². The Morgan fingerprint density at radius 2 is 2.04 bits per heavy atom. The molecule has 1 N–H and O–H groups in total. The molecule has 7 nitrogen and oxygen atoms in total. The highest BCUT2D eigenvalue weighted by Crippen LogP contribution is 2.28. The fourth-order valence-corrected chi connectivity index (χ4v) is 3.92. The number of carbonyl (C=O) groups excluding carboxylic acids is 2. The van der Waals surface area contributed by atoms with Crippen molar-refractivity contribution in [2.24, 2.45) is 13.0 Å². The second-order valence-corrected chi connectivity index (χ2v) is 7.38. The molecule has 1 saturated heterocycles. The van der Waals surface area contributed by atoms with Gasteiger partial charge in [0.1, 0.15) is 5.82 Å². The average molecular weight is 384 g/mol. The molecule has 2 atom stereocenters. The highest BCUT2D eigenvalue weighted by Gasteiger charge is 2.37. The van der Waals surface area contributed by atoms with Crippen LogP contribution in [0.5, 0.6) is 0 Å². The number of nitrogens with one attached hydrogen (secondary N) is 1. The van der Waals surface area contributed by atoms with E-state index in [1.54, 1.807) is 31.3 Å². The molecule has 4 rings (SSSR count). The molecule has 0 bridgehead atoms. The van der Waals surface area contributed by atoms with E-state index in [1.165, 1.54) is 15.6 Å². The zero-order valence-corrected chi connectivity index (χ0v) is 15.5. The Hall–Kier alpha value is -3.03. The molecule has 2 aromatic rings. The number of amides is 2. The fraction of sp³-hybridized carbons (Fsp3) is 0.400. The minimum Gasteiger partial charge on any atom is -0.353 e. The van der Waals surface area contributed by atoms with Crippen molar-refractivity contribution in [3.05, 3.63) is 57.8 Å². The number of rotatable bonds is 3. The quantitative estimate of drug-likeness (QED) is 0.854. The van der Waals surface area contributed by atoms with Crippen LogP contribution in [0.15, 0.2) is 35.1 Å². The van der Waals surface area contributed by atoms with Crippen molar-refractivity contribution >= 4 is 17.5 Å². The maximum Gasteiger partial charge on any atom is 0.266 e. The van der Waals surface area contributed by atoms with E-state index in [0.717, 1.165) is 17.7 Å². The van der Waals surface area contributed by atoms with Gasteiger partial charge >= 0.3 is 0 Å². The average Bonchev–Trinajstić information content (AvgIpc) is 3.05. The summed E-state index contributed by atoms with van der Waals surface area (Å²) in [6.45, 7) is 0.164. The van der Waals surface area contributed by atoms with Crippen molar-refractivity contribution in [3.8, 4) is 0 Å². The molecule has 2 aliphatic rings. The van der Waals surface area contributed by atoms with Crippen LogP contribution >= 0.6 is 0 Å². The zero-order chi connectivity index (χ0) is 19.8. The predicted octanol–water partition coefficient (Wildman–Crippen LogP) is 0.946. The number of carbonyl (C=O) groups is 2. The van der Waals surface area contributed by atoms with E-state index in [-0.39, 0.29) is 42.1 Å². The van der Waals surface area contributed by atoms with Gasteiger partial charge in [0.25, 0.3) is 5.56 Å². The van der Waals surface area contributed by atoms with Crippen molar-refractivity contribution in [1.82, 2.24) is 15.1 Å². The topological polar surface area (TPSA) is 84.3 Å². The number of benzene rings is 1. The summed E-state index contributed by atoms with van der Waals surface area (Å²) >= 11 is 0. The number of para-hydroxylation sites is 1. The Labute approximate surface area is 161 Å². The number of halogens is 1. The lowest BCUT2D eigenvalue weighted by Crippen LogP contribution is -2.43. The maximum absolute atomic E-state index is 14.0. The number of anilines is 1. The van der Waals surface area contributed by atoms with E-state index in [4.69, 9.17) is 0 Å². The molecular formula is C20H21FN4O3. The van der Waals surface area contributed by atoms with Crippen LogP contribution in [-0.4, -0.2) is 34.2 Å². The smallest absolute Gasteiger partial charge is 0.266 e. The van der Waals surface area contributed by atoms with Crippen molar-refractivity contribution in [2.45, 2.75) is 31.7 Å². The lowest BCUT2D eigenvalue weighted by Gasteiger charge is -2.26. The maximum atomic E-state index is 14.0. The molecular weight excluding hydrogens is 363 g/mol. The van der Waals surface area contributed by atoms with Gasteiger partial charge in [-0.1, -0.05) is 12.1 Å². The summed E-state index contributed by atoms with van der Waals surface area (Å²) in [5.74, 6) is -1.46. The predicted molar refractivity (Wildman–Crippen MR) is 100 cm³/mol. The zero-order valence-electron chi connectivity index (χ0n) is 15.5. The minimum absolute atomic E-state index is 0.0611. The van der Waals surface area contributed by atoms with Gasteiger partial charge in [-0.2, -0.15) is 5.10 Å². The van der Waals surface area contributed by atoms with Crippen LogP contribution in [-0.2, 0) is 29.5 Å². The summed E-state index contributed by atoms with van der Waals surface area (Å²) in [5, 5.41) is 7.27. The van der Waals surface area contributed by atoms with Crippen LogP contribution in [0.1, 0.15) is 24.1 Å². The van der Waals surface area contributed by atoms with Gasteiger partial charge in [-0.05, 0) is 37.0 Å². The number of aryl methyl sites for hydroxylation is 2. The van der Waals surface area contributed by atoms with E-state index in [1.807, 2.05) is 0 Å². The first-order valence-corrected chi connectivity index (χ1v) is 9.33. The largest absolute Gasteiger partial charge is 0.353 e. The normalized spacial score (nSPS) is 21.5. The van der Waals surface area contributed by atoms with Gasteiger partial charge < -0.3 is 10.2 Å². The number of aromatic nitrogens is 2. The van der Waals surface area contributed by atoms with Crippen molar-refractivity contribution in [3.63, 3.8) is 0 Å². The lowest BCUT2D eigenvalue weighted by atomic mass is 9.92. The molecule has 1 aliphatic carbocycles. The van der Waals surface area contributed by atoms with Gasteiger partial charge in [0, 0.05) is 32.1 Å². The van der Waals surface area contributed by atoms with Gasteiger partial charge in [0.2, 0.25) is 11.8 Å². The van der Waals surface area contributed by atoms with E-state index in [0.29, 0.717) is 12.8 Å². The van der Waals surface area contributed by atoms with Crippen LogP contribution in [0.2, 0.25) is 0 Å². The highest BCUT2D eigenvalue weighted by atomic mass is 19.1. The first-order chi connectivity index (χ1) is 13.4. The summed E-state index contributed by atoms with van der Waals surface area (Å²) in [4.78, 5) is 38.1. The Morgan fingerprint density at radius 3 is 2.82 bits per heavy atom.